The Labute approximate surface area is 195 Å². The zero-order valence-electron chi connectivity index (χ0n) is 16.9. The summed E-state index contributed by atoms with van der Waals surface area (Å²) in [6, 6.07) is 10.1. The molecule has 0 aliphatic carbocycles. The first-order valence-electron chi connectivity index (χ1n) is 10.1. The van der Waals surface area contributed by atoms with Gasteiger partial charge in [0.05, 0.1) is 6.54 Å². The van der Waals surface area contributed by atoms with Crippen molar-refractivity contribution in [3.8, 4) is 0 Å². The maximum Gasteiger partial charge on any atom is 0.191 e. The predicted molar refractivity (Wildman–Crippen MR) is 129 cm³/mol. The summed E-state index contributed by atoms with van der Waals surface area (Å²) in [4.78, 5) is 4.92. The maximum absolute atomic E-state index is 6.55. The van der Waals surface area contributed by atoms with Gasteiger partial charge < -0.3 is 15.4 Å². The third-order valence-electron chi connectivity index (χ3n) is 5.19. The summed E-state index contributed by atoms with van der Waals surface area (Å²) in [5.41, 5.74) is 1.10. The van der Waals surface area contributed by atoms with Crippen LogP contribution in [0.4, 0.5) is 0 Å². The number of guanidine groups is 1. The number of benzene rings is 1. The van der Waals surface area contributed by atoms with E-state index in [2.05, 4.69) is 34.8 Å². The van der Waals surface area contributed by atoms with Crippen molar-refractivity contribution in [3.05, 3.63) is 53.3 Å². The second kappa shape index (κ2) is 12.4. The van der Waals surface area contributed by atoms with Gasteiger partial charge in [-0.25, -0.2) is 0 Å². The molecular weight excluding hydrogens is 501 g/mol. The first-order valence-corrected chi connectivity index (χ1v) is 10.4. The van der Waals surface area contributed by atoms with E-state index in [1.807, 2.05) is 29.1 Å². The Kier molecular flexibility index (Phi) is 10.2. The van der Waals surface area contributed by atoms with E-state index in [0.29, 0.717) is 6.54 Å². The monoisotopic (exact) mass is 531 g/mol. The van der Waals surface area contributed by atoms with Gasteiger partial charge in [0.25, 0.3) is 0 Å². The number of aromatic nitrogens is 2. The van der Waals surface area contributed by atoms with Gasteiger partial charge >= 0.3 is 0 Å². The fraction of sp³-hybridized carbons (Fsp3) is 0.524. The minimum Gasteiger partial charge on any atom is -0.381 e. The molecule has 1 saturated heterocycles. The fourth-order valence-corrected chi connectivity index (χ4v) is 3.95. The Bertz CT molecular complexity index is 747. The fourth-order valence-electron chi connectivity index (χ4n) is 3.62. The number of ether oxygens (including phenoxy) is 1. The SMILES string of the molecule is CCNC(=NCC1(c2ccccc2Cl)CCOCC1)NCCCn1cccn1.I. The van der Waals surface area contributed by atoms with E-state index in [1.54, 1.807) is 6.20 Å². The van der Waals surface area contributed by atoms with Crippen LogP contribution in [0.3, 0.4) is 0 Å². The number of aryl methyl sites for hydroxylation is 1. The molecule has 2 N–H and O–H groups in total. The van der Waals surface area contributed by atoms with Crippen LogP contribution in [0.15, 0.2) is 47.7 Å². The molecule has 1 aliphatic rings. The quantitative estimate of drug-likeness (QED) is 0.235. The van der Waals surface area contributed by atoms with Crippen LogP contribution in [0.25, 0.3) is 0 Å². The average Bonchev–Trinajstić information content (AvgIpc) is 3.24. The number of hydrogen-bond donors (Lipinski definition) is 2. The Balaban J connectivity index is 0.00000300. The molecular formula is C21H31ClIN5O. The highest BCUT2D eigenvalue weighted by atomic mass is 127. The topological polar surface area (TPSA) is 63.5 Å². The summed E-state index contributed by atoms with van der Waals surface area (Å²) in [6.07, 6.45) is 6.63. The van der Waals surface area contributed by atoms with Gasteiger partial charge in [-0.2, -0.15) is 5.10 Å². The number of rotatable bonds is 8. The molecule has 0 amide bonds. The van der Waals surface area contributed by atoms with Crippen molar-refractivity contribution in [2.45, 2.75) is 38.1 Å². The maximum atomic E-state index is 6.55. The van der Waals surface area contributed by atoms with E-state index in [0.717, 1.165) is 63.1 Å². The molecule has 3 rings (SSSR count). The van der Waals surface area contributed by atoms with Crippen LogP contribution >= 0.6 is 35.6 Å². The summed E-state index contributed by atoms with van der Waals surface area (Å²) in [5.74, 6) is 0.848. The van der Waals surface area contributed by atoms with E-state index in [1.165, 1.54) is 5.56 Å². The van der Waals surface area contributed by atoms with E-state index < -0.39 is 0 Å². The smallest absolute Gasteiger partial charge is 0.191 e. The molecule has 0 saturated carbocycles. The van der Waals surface area contributed by atoms with E-state index in [9.17, 15) is 0 Å². The van der Waals surface area contributed by atoms with Gasteiger partial charge in [-0.3, -0.25) is 9.67 Å². The molecule has 1 aromatic carbocycles. The molecule has 8 heteroatoms. The van der Waals surface area contributed by atoms with Crippen LogP contribution in [0.2, 0.25) is 5.02 Å². The highest BCUT2D eigenvalue weighted by Crippen LogP contribution is 2.38. The van der Waals surface area contributed by atoms with E-state index >= 15 is 0 Å². The average molecular weight is 532 g/mol. The number of aliphatic imine (C=N–C) groups is 1. The predicted octanol–water partition coefficient (Wildman–Crippen LogP) is 3.85. The second-order valence-corrected chi connectivity index (χ2v) is 7.52. The lowest BCUT2D eigenvalue weighted by atomic mass is 9.74. The Morgan fingerprint density at radius 3 is 2.72 bits per heavy atom. The molecule has 0 atom stereocenters. The first kappa shape index (κ1) is 24.0. The van der Waals surface area contributed by atoms with Gasteiger partial charge in [0.2, 0.25) is 0 Å². The van der Waals surface area contributed by atoms with Gasteiger partial charge in [-0.15, -0.1) is 24.0 Å². The summed E-state index contributed by atoms with van der Waals surface area (Å²) in [7, 11) is 0. The van der Waals surface area contributed by atoms with Crippen LogP contribution < -0.4 is 10.6 Å². The van der Waals surface area contributed by atoms with Crippen molar-refractivity contribution in [1.82, 2.24) is 20.4 Å². The Hall–Kier alpha value is -1.32. The van der Waals surface area contributed by atoms with Gasteiger partial charge in [0.15, 0.2) is 5.96 Å². The van der Waals surface area contributed by atoms with Crippen molar-refractivity contribution in [2.24, 2.45) is 4.99 Å². The van der Waals surface area contributed by atoms with Crippen molar-refractivity contribution < 1.29 is 4.74 Å². The highest BCUT2D eigenvalue weighted by Gasteiger charge is 2.36. The van der Waals surface area contributed by atoms with Gasteiger partial charge in [0.1, 0.15) is 0 Å². The summed E-state index contributed by atoms with van der Waals surface area (Å²) >= 11 is 6.55. The van der Waals surface area contributed by atoms with Crippen molar-refractivity contribution >= 4 is 41.5 Å². The summed E-state index contributed by atoms with van der Waals surface area (Å²) in [6.45, 7) is 6.82. The van der Waals surface area contributed by atoms with Crippen molar-refractivity contribution in [1.29, 1.82) is 0 Å². The molecule has 0 radical (unpaired) electrons. The molecule has 1 aliphatic heterocycles. The third-order valence-corrected chi connectivity index (χ3v) is 5.52. The molecule has 0 spiro atoms. The highest BCUT2D eigenvalue weighted by molar-refractivity contribution is 14.0. The molecule has 6 nitrogen and oxygen atoms in total. The molecule has 1 fully saturated rings. The lowest BCUT2D eigenvalue weighted by molar-refractivity contribution is 0.0531. The molecule has 2 heterocycles. The van der Waals surface area contributed by atoms with Crippen LogP contribution in [0, 0.1) is 0 Å². The van der Waals surface area contributed by atoms with Crippen LogP contribution in [0.5, 0.6) is 0 Å². The molecule has 29 heavy (non-hydrogen) atoms. The van der Waals surface area contributed by atoms with Crippen LogP contribution in [-0.4, -0.2) is 48.6 Å². The second-order valence-electron chi connectivity index (χ2n) is 7.12. The zero-order chi connectivity index (χ0) is 19.7. The lowest BCUT2D eigenvalue weighted by Crippen LogP contribution is -2.41. The molecule has 1 aromatic heterocycles. The summed E-state index contributed by atoms with van der Waals surface area (Å²) in [5, 5.41) is 11.8. The molecule has 160 valence electrons. The molecule has 0 unspecified atom stereocenters. The van der Waals surface area contributed by atoms with Crippen molar-refractivity contribution in [3.63, 3.8) is 0 Å². The van der Waals surface area contributed by atoms with Gasteiger partial charge in [-0.05, 0) is 43.9 Å². The number of nitrogens with one attached hydrogen (secondary N) is 2. The van der Waals surface area contributed by atoms with E-state index in [4.69, 9.17) is 21.3 Å². The minimum absolute atomic E-state index is 0. The van der Waals surface area contributed by atoms with Crippen LogP contribution in [-0.2, 0) is 16.7 Å². The van der Waals surface area contributed by atoms with Gasteiger partial charge in [0, 0.05) is 55.7 Å². The van der Waals surface area contributed by atoms with Crippen LogP contribution in [0.1, 0.15) is 31.7 Å². The first-order chi connectivity index (χ1) is 13.7. The zero-order valence-corrected chi connectivity index (χ0v) is 20.0. The number of hydrogen-bond acceptors (Lipinski definition) is 3. The molecule has 0 bridgehead atoms. The molecule has 2 aromatic rings. The third kappa shape index (κ3) is 6.86. The minimum atomic E-state index is -0.0754. The standard InChI is InChI=1S/C21H30ClN5O.HI/c1-2-23-20(24-11-5-13-27-14-6-12-26-27)25-17-21(9-15-28-16-10-21)18-7-3-4-8-19(18)22;/h3-4,6-8,12,14H,2,5,9-11,13,15-17H2,1H3,(H2,23,24,25);1H. The Morgan fingerprint density at radius 1 is 1.24 bits per heavy atom. The Morgan fingerprint density at radius 2 is 2.03 bits per heavy atom. The largest absolute Gasteiger partial charge is 0.381 e. The normalized spacial score (nSPS) is 16.1. The van der Waals surface area contributed by atoms with E-state index in [-0.39, 0.29) is 29.4 Å². The summed E-state index contributed by atoms with van der Waals surface area (Å²) < 4.78 is 7.57. The lowest BCUT2D eigenvalue weighted by Gasteiger charge is -2.37. The number of nitrogens with zero attached hydrogens (tertiary/aromatic N) is 3. The van der Waals surface area contributed by atoms with Gasteiger partial charge in [-0.1, -0.05) is 29.8 Å². The van der Waals surface area contributed by atoms with Crippen molar-refractivity contribution in [2.75, 3.05) is 32.8 Å². The number of halogens is 2.